The van der Waals surface area contributed by atoms with E-state index in [4.69, 9.17) is 9.47 Å². The van der Waals surface area contributed by atoms with Crippen LogP contribution in [0.4, 0.5) is 0 Å². The molecule has 0 saturated carbocycles. The van der Waals surface area contributed by atoms with Gasteiger partial charge in [0.2, 0.25) is 0 Å². The molecular formula is C22H43BrO2. The predicted octanol–water partition coefficient (Wildman–Crippen LogP) is 7.77. The third kappa shape index (κ3) is 17.6. The highest BCUT2D eigenvalue weighted by atomic mass is 79.9. The van der Waals surface area contributed by atoms with Crippen LogP contribution in [0.3, 0.4) is 0 Å². The summed E-state index contributed by atoms with van der Waals surface area (Å²) in [7, 11) is 0. The maximum Gasteiger partial charge on any atom is 0.112 e. The summed E-state index contributed by atoms with van der Waals surface area (Å²) in [5.74, 6) is 0. The number of hydrogen-bond acceptors (Lipinski definition) is 2. The van der Waals surface area contributed by atoms with Crippen LogP contribution in [-0.2, 0) is 9.47 Å². The second-order valence-electron chi connectivity index (χ2n) is 7.79. The van der Waals surface area contributed by atoms with Crippen molar-refractivity contribution in [1.82, 2.24) is 0 Å². The average Bonchev–Trinajstić information content (AvgIpc) is 3.44. The molecule has 2 atom stereocenters. The van der Waals surface area contributed by atoms with Gasteiger partial charge >= 0.3 is 0 Å². The number of unbranched alkanes of at least 4 members (excludes halogenated alkanes) is 15. The van der Waals surface area contributed by atoms with E-state index < -0.39 is 0 Å². The van der Waals surface area contributed by atoms with E-state index in [0.29, 0.717) is 6.10 Å². The molecule has 0 aliphatic carbocycles. The molecular weight excluding hydrogens is 376 g/mol. The fourth-order valence-corrected chi connectivity index (χ4v) is 3.79. The minimum atomic E-state index is 0.225. The number of ether oxygens (including phenoxy) is 2. The molecule has 2 unspecified atom stereocenters. The molecule has 0 aromatic carbocycles. The van der Waals surface area contributed by atoms with Crippen molar-refractivity contribution >= 4 is 15.9 Å². The summed E-state index contributed by atoms with van der Waals surface area (Å²) in [5.41, 5.74) is 0. The maximum atomic E-state index is 5.68. The van der Waals surface area contributed by atoms with E-state index in [1.54, 1.807) is 0 Å². The largest absolute Gasteiger partial charge is 0.371 e. The molecule has 0 radical (unpaired) electrons. The Morgan fingerprint density at radius 3 is 1.56 bits per heavy atom. The van der Waals surface area contributed by atoms with Crippen molar-refractivity contribution in [2.45, 2.75) is 127 Å². The van der Waals surface area contributed by atoms with Crippen molar-refractivity contribution in [3.05, 3.63) is 0 Å². The number of rotatable bonds is 20. The van der Waals surface area contributed by atoms with Gasteiger partial charge in [0.05, 0.1) is 13.2 Å². The van der Waals surface area contributed by atoms with Crippen molar-refractivity contribution in [2.24, 2.45) is 0 Å². The van der Waals surface area contributed by atoms with Crippen LogP contribution in [0.5, 0.6) is 0 Å². The van der Waals surface area contributed by atoms with Gasteiger partial charge in [-0.3, -0.25) is 0 Å². The topological polar surface area (TPSA) is 21.8 Å². The standard InChI is InChI=1S/C22H43BrO2/c1-2-3-4-5-6-7-8-9-10-11-12-13-14-15-16-17-18-22(23)25-20-21-19-24-21/h21-22H,2-20H2,1H3. The van der Waals surface area contributed by atoms with Crippen LogP contribution in [0.15, 0.2) is 0 Å². The summed E-state index contributed by atoms with van der Waals surface area (Å²) >= 11 is 3.60. The van der Waals surface area contributed by atoms with Crippen molar-refractivity contribution in [1.29, 1.82) is 0 Å². The maximum absolute atomic E-state index is 5.68. The first kappa shape index (κ1) is 23.4. The van der Waals surface area contributed by atoms with Gasteiger partial charge in [-0.15, -0.1) is 0 Å². The molecule has 1 rings (SSSR count). The number of alkyl halides is 1. The predicted molar refractivity (Wildman–Crippen MR) is 113 cm³/mol. The zero-order valence-electron chi connectivity index (χ0n) is 16.8. The lowest BCUT2D eigenvalue weighted by Gasteiger charge is -2.10. The van der Waals surface area contributed by atoms with Crippen molar-refractivity contribution in [3.8, 4) is 0 Å². The molecule has 1 saturated heterocycles. The number of halogens is 1. The molecule has 0 N–H and O–H groups in total. The molecule has 1 fully saturated rings. The van der Waals surface area contributed by atoms with E-state index in [1.165, 1.54) is 103 Å². The Balaban J connectivity index is 1.65. The summed E-state index contributed by atoms with van der Waals surface area (Å²) in [6, 6.07) is 0. The third-order valence-corrected chi connectivity index (χ3v) is 5.87. The zero-order valence-corrected chi connectivity index (χ0v) is 18.4. The molecule has 0 aromatic rings. The summed E-state index contributed by atoms with van der Waals surface area (Å²) in [6.45, 7) is 3.94. The summed E-state index contributed by atoms with van der Waals surface area (Å²) < 4.78 is 10.8. The fraction of sp³-hybridized carbons (Fsp3) is 1.00. The number of epoxide rings is 1. The van der Waals surface area contributed by atoms with E-state index in [9.17, 15) is 0 Å². The van der Waals surface area contributed by atoms with Gasteiger partial charge in [0.15, 0.2) is 0 Å². The van der Waals surface area contributed by atoms with Crippen LogP contribution < -0.4 is 0 Å². The molecule has 1 heterocycles. The van der Waals surface area contributed by atoms with E-state index in [-0.39, 0.29) is 5.01 Å². The summed E-state index contributed by atoms with van der Waals surface area (Å²) in [6.07, 6.45) is 24.3. The SMILES string of the molecule is CCCCCCCCCCCCCCCCCCC(Br)OCC1CO1. The summed E-state index contributed by atoms with van der Waals surface area (Å²) in [5, 5.41) is 0.225. The van der Waals surface area contributed by atoms with Crippen LogP contribution in [0.1, 0.15) is 116 Å². The first-order valence-corrected chi connectivity index (χ1v) is 12.1. The fourth-order valence-electron chi connectivity index (χ4n) is 3.31. The van der Waals surface area contributed by atoms with Crippen molar-refractivity contribution in [3.63, 3.8) is 0 Å². The lowest BCUT2D eigenvalue weighted by Crippen LogP contribution is -2.09. The Hall–Kier alpha value is 0.400. The van der Waals surface area contributed by atoms with Crippen molar-refractivity contribution in [2.75, 3.05) is 13.2 Å². The average molecular weight is 419 g/mol. The summed E-state index contributed by atoms with van der Waals surface area (Å²) in [4.78, 5) is 0. The Morgan fingerprint density at radius 1 is 0.760 bits per heavy atom. The number of hydrogen-bond donors (Lipinski definition) is 0. The molecule has 0 aromatic heterocycles. The molecule has 150 valence electrons. The minimum Gasteiger partial charge on any atom is -0.371 e. The van der Waals surface area contributed by atoms with Crippen LogP contribution in [0, 0.1) is 0 Å². The first-order valence-electron chi connectivity index (χ1n) is 11.2. The normalized spacial score (nSPS) is 17.8. The smallest absolute Gasteiger partial charge is 0.112 e. The van der Waals surface area contributed by atoms with Crippen LogP contribution in [-0.4, -0.2) is 24.3 Å². The van der Waals surface area contributed by atoms with Gasteiger partial charge in [-0.05, 0) is 12.8 Å². The van der Waals surface area contributed by atoms with Gasteiger partial charge in [-0.2, -0.15) is 0 Å². The molecule has 2 nitrogen and oxygen atoms in total. The van der Waals surface area contributed by atoms with Crippen molar-refractivity contribution < 1.29 is 9.47 Å². The molecule has 1 aliphatic rings. The van der Waals surface area contributed by atoms with Gasteiger partial charge < -0.3 is 9.47 Å². The van der Waals surface area contributed by atoms with Gasteiger partial charge in [0.25, 0.3) is 0 Å². The van der Waals surface area contributed by atoms with E-state index in [0.717, 1.165) is 19.6 Å². The molecule has 25 heavy (non-hydrogen) atoms. The highest BCUT2D eigenvalue weighted by molar-refractivity contribution is 9.09. The van der Waals surface area contributed by atoms with E-state index >= 15 is 0 Å². The Kier molecular flexibility index (Phi) is 16.7. The Morgan fingerprint density at radius 2 is 1.16 bits per heavy atom. The van der Waals surface area contributed by atoms with Gasteiger partial charge in [0.1, 0.15) is 11.1 Å². The first-order chi connectivity index (χ1) is 12.3. The molecule has 0 amide bonds. The highest BCUT2D eigenvalue weighted by Crippen LogP contribution is 2.18. The minimum absolute atomic E-state index is 0.225. The molecule has 0 spiro atoms. The quantitative estimate of drug-likeness (QED) is 0.114. The lowest BCUT2D eigenvalue weighted by atomic mass is 10.0. The lowest BCUT2D eigenvalue weighted by molar-refractivity contribution is 0.0944. The van der Waals surface area contributed by atoms with Crippen LogP contribution >= 0.6 is 15.9 Å². The second kappa shape index (κ2) is 17.8. The monoisotopic (exact) mass is 418 g/mol. The molecule has 3 heteroatoms. The molecule has 1 aliphatic heterocycles. The van der Waals surface area contributed by atoms with Gasteiger partial charge in [-0.25, -0.2) is 0 Å². The Bertz CT molecular complexity index is 269. The van der Waals surface area contributed by atoms with Crippen LogP contribution in [0.2, 0.25) is 0 Å². The third-order valence-electron chi connectivity index (χ3n) is 5.15. The van der Waals surface area contributed by atoms with Gasteiger partial charge in [-0.1, -0.05) is 119 Å². The van der Waals surface area contributed by atoms with Gasteiger partial charge in [0, 0.05) is 0 Å². The molecule has 0 bridgehead atoms. The zero-order chi connectivity index (χ0) is 18.0. The Labute approximate surface area is 165 Å². The van der Waals surface area contributed by atoms with E-state index in [2.05, 4.69) is 22.9 Å². The van der Waals surface area contributed by atoms with Crippen LogP contribution in [0.25, 0.3) is 0 Å². The highest BCUT2D eigenvalue weighted by Gasteiger charge is 2.23. The van der Waals surface area contributed by atoms with E-state index in [1.807, 2.05) is 0 Å². The second-order valence-corrected chi connectivity index (χ2v) is 8.81.